The van der Waals surface area contributed by atoms with E-state index in [9.17, 15) is 13.2 Å². The van der Waals surface area contributed by atoms with E-state index in [1.165, 1.54) is 6.07 Å². The first kappa shape index (κ1) is 28.2. The SMILES string of the molecule is CNc1ccc(OCC2CCN(C(=O)OCc3ccccc3)CC2)cc1C(=N)S(=O)(=O)c1cccc2ccccc12. The second-order valence-corrected chi connectivity index (χ2v) is 11.9. The third-order valence-electron chi connectivity index (χ3n) is 7.38. The first-order chi connectivity index (χ1) is 19.9. The predicted octanol–water partition coefficient (Wildman–Crippen LogP) is 6.11. The molecule has 5 rings (SSSR count). The van der Waals surface area contributed by atoms with Gasteiger partial charge in [-0.15, -0.1) is 0 Å². The monoisotopic (exact) mass is 571 g/mol. The molecule has 0 unspecified atom stereocenters. The van der Waals surface area contributed by atoms with E-state index in [2.05, 4.69) is 5.32 Å². The first-order valence-electron chi connectivity index (χ1n) is 13.6. The molecule has 0 aliphatic carbocycles. The fourth-order valence-electron chi connectivity index (χ4n) is 5.01. The standard InChI is InChI=1S/C32H33N3O5S/c1-34-29-15-14-26(20-28(29)31(33)41(37,38)30-13-7-11-25-10-5-6-12-27(25)30)39-21-24-16-18-35(19-17-24)32(36)40-22-23-8-3-2-4-9-23/h2-15,20,24,33-34H,16-19,21-22H2,1H3. The van der Waals surface area contributed by atoms with E-state index in [1.807, 2.05) is 48.5 Å². The summed E-state index contributed by atoms with van der Waals surface area (Å²) >= 11 is 0. The zero-order valence-electron chi connectivity index (χ0n) is 22.9. The summed E-state index contributed by atoms with van der Waals surface area (Å²) in [7, 11) is -2.41. The number of benzene rings is 4. The Morgan fingerprint density at radius 3 is 2.41 bits per heavy atom. The van der Waals surface area contributed by atoms with Gasteiger partial charge in [-0.1, -0.05) is 66.7 Å². The van der Waals surface area contributed by atoms with Gasteiger partial charge in [-0.3, -0.25) is 5.41 Å². The number of nitrogens with one attached hydrogen (secondary N) is 2. The molecule has 8 nitrogen and oxygen atoms in total. The highest BCUT2D eigenvalue weighted by Crippen LogP contribution is 2.30. The lowest BCUT2D eigenvalue weighted by Gasteiger charge is -2.31. The number of amides is 1. The van der Waals surface area contributed by atoms with E-state index in [1.54, 1.807) is 48.3 Å². The largest absolute Gasteiger partial charge is 0.493 e. The van der Waals surface area contributed by atoms with E-state index < -0.39 is 14.9 Å². The van der Waals surface area contributed by atoms with Crippen LogP contribution < -0.4 is 10.1 Å². The van der Waals surface area contributed by atoms with Gasteiger partial charge in [0.15, 0.2) is 5.04 Å². The summed E-state index contributed by atoms with van der Waals surface area (Å²) in [5.74, 6) is 0.723. The highest BCUT2D eigenvalue weighted by Gasteiger charge is 2.28. The number of rotatable bonds is 8. The fraction of sp³-hybridized carbons (Fsp3) is 0.250. The number of fused-ring (bicyclic) bond motifs is 1. The number of hydrogen-bond acceptors (Lipinski definition) is 7. The van der Waals surface area contributed by atoms with Crippen molar-refractivity contribution in [2.24, 2.45) is 5.92 Å². The highest BCUT2D eigenvalue weighted by molar-refractivity contribution is 8.07. The Labute approximate surface area is 240 Å². The lowest BCUT2D eigenvalue weighted by Crippen LogP contribution is -2.40. The Balaban J connectivity index is 1.22. The summed E-state index contributed by atoms with van der Waals surface area (Å²) in [6.45, 7) is 1.84. The van der Waals surface area contributed by atoms with Gasteiger partial charge in [0, 0.05) is 36.8 Å². The van der Waals surface area contributed by atoms with Crippen LogP contribution in [0.1, 0.15) is 24.0 Å². The number of nitrogens with zero attached hydrogens (tertiary/aromatic N) is 1. The second kappa shape index (κ2) is 12.4. The summed E-state index contributed by atoms with van der Waals surface area (Å²) in [5.41, 5.74) is 1.72. The quantitative estimate of drug-likeness (QED) is 0.195. The molecule has 2 N–H and O–H groups in total. The summed E-state index contributed by atoms with van der Waals surface area (Å²) in [4.78, 5) is 14.3. The number of anilines is 1. The Bertz CT molecular complexity index is 1640. The number of hydrogen-bond donors (Lipinski definition) is 2. The van der Waals surface area contributed by atoms with Crippen molar-refractivity contribution < 1.29 is 22.7 Å². The first-order valence-corrected chi connectivity index (χ1v) is 15.1. The lowest BCUT2D eigenvalue weighted by atomic mass is 9.98. The van der Waals surface area contributed by atoms with Crippen LogP contribution in [0.5, 0.6) is 5.75 Å². The van der Waals surface area contributed by atoms with Gasteiger partial charge in [0.25, 0.3) is 0 Å². The zero-order chi connectivity index (χ0) is 28.8. The van der Waals surface area contributed by atoms with Gasteiger partial charge in [0.1, 0.15) is 12.4 Å². The van der Waals surface area contributed by atoms with Crippen LogP contribution in [0.4, 0.5) is 10.5 Å². The van der Waals surface area contributed by atoms with Crippen LogP contribution in [0.2, 0.25) is 0 Å². The summed E-state index contributed by atoms with van der Waals surface area (Å²) in [6.07, 6.45) is 1.23. The van der Waals surface area contributed by atoms with Gasteiger partial charge < -0.3 is 19.7 Å². The smallest absolute Gasteiger partial charge is 0.410 e. The zero-order valence-corrected chi connectivity index (χ0v) is 23.7. The molecule has 1 saturated heterocycles. The Morgan fingerprint density at radius 1 is 0.951 bits per heavy atom. The van der Waals surface area contributed by atoms with E-state index in [4.69, 9.17) is 14.9 Å². The third kappa shape index (κ3) is 6.36. The molecule has 41 heavy (non-hydrogen) atoms. The minimum absolute atomic E-state index is 0.100. The molecular formula is C32H33N3O5S. The maximum atomic E-state index is 13.6. The Kier molecular flexibility index (Phi) is 8.54. The maximum absolute atomic E-state index is 13.6. The summed E-state index contributed by atoms with van der Waals surface area (Å²) in [6, 6.07) is 27.0. The van der Waals surface area contributed by atoms with Crippen LogP contribution in [0.3, 0.4) is 0 Å². The van der Waals surface area contributed by atoms with Crippen LogP contribution in [0, 0.1) is 11.3 Å². The van der Waals surface area contributed by atoms with Crippen LogP contribution in [-0.2, 0) is 21.2 Å². The Morgan fingerprint density at radius 2 is 1.66 bits per heavy atom. The molecule has 1 fully saturated rings. The highest BCUT2D eigenvalue weighted by atomic mass is 32.2. The number of piperidine rings is 1. The van der Waals surface area contributed by atoms with Crippen molar-refractivity contribution in [1.82, 2.24) is 4.90 Å². The van der Waals surface area contributed by atoms with Gasteiger partial charge in [0.2, 0.25) is 9.84 Å². The van der Waals surface area contributed by atoms with Gasteiger partial charge >= 0.3 is 6.09 Å². The number of carbonyl (C=O) groups is 1. The molecule has 1 heterocycles. The van der Waals surface area contributed by atoms with Crippen molar-refractivity contribution in [3.05, 3.63) is 102 Å². The minimum atomic E-state index is -4.10. The molecule has 0 spiro atoms. The normalized spacial score (nSPS) is 14.0. The van der Waals surface area contributed by atoms with Crippen molar-refractivity contribution in [3.63, 3.8) is 0 Å². The van der Waals surface area contributed by atoms with Crippen LogP contribution in [-0.4, -0.2) is 51.2 Å². The molecule has 212 valence electrons. The van der Waals surface area contributed by atoms with Gasteiger partial charge in [-0.2, -0.15) is 0 Å². The van der Waals surface area contributed by atoms with Crippen molar-refractivity contribution in [2.45, 2.75) is 24.3 Å². The van der Waals surface area contributed by atoms with E-state index >= 15 is 0 Å². The molecule has 0 saturated carbocycles. The van der Waals surface area contributed by atoms with E-state index in [0.29, 0.717) is 36.5 Å². The summed E-state index contributed by atoms with van der Waals surface area (Å²) < 4.78 is 38.7. The molecule has 4 aromatic rings. The minimum Gasteiger partial charge on any atom is -0.493 e. The molecule has 0 aromatic heterocycles. The van der Waals surface area contributed by atoms with Crippen LogP contribution in [0.25, 0.3) is 10.8 Å². The van der Waals surface area contributed by atoms with Gasteiger partial charge in [-0.25, -0.2) is 13.2 Å². The maximum Gasteiger partial charge on any atom is 0.410 e. The van der Waals surface area contributed by atoms with Gasteiger partial charge in [-0.05, 0) is 54.0 Å². The number of carbonyl (C=O) groups excluding carboxylic acids is 1. The van der Waals surface area contributed by atoms with Crippen molar-refractivity contribution in [2.75, 3.05) is 32.1 Å². The number of sulfone groups is 1. The second-order valence-electron chi connectivity index (χ2n) is 10.0. The Hall–Kier alpha value is -4.37. The molecule has 1 amide bonds. The molecule has 0 radical (unpaired) electrons. The molecule has 9 heteroatoms. The summed E-state index contributed by atoms with van der Waals surface area (Å²) in [5, 5.41) is 12.6. The van der Waals surface area contributed by atoms with E-state index in [0.717, 1.165) is 23.8 Å². The van der Waals surface area contributed by atoms with Crippen molar-refractivity contribution in [1.29, 1.82) is 5.41 Å². The molecular weight excluding hydrogens is 538 g/mol. The van der Waals surface area contributed by atoms with Crippen LogP contribution >= 0.6 is 0 Å². The third-order valence-corrected chi connectivity index (χ3v) is 9.07. The van der Waals surface area contributed by atoms with E-state index in [-0.39, 0.29) is 29.1 Å². The average Bonchev–Trinajstić information content (AvgIpc) is 3.02. The van der Waals surface area contributed by atoms with Gasteiger partial charge in [0.05, 0.1) is 11.5 Å². The van der Waals surface area contributed by atoms with Crippen molar-refractivity contribution >= 4 is 37.4 Å². The molecule has 1 aliphatic rings. The fourth-order valence-corrected chi connectivity index (χ4v) is 6.42. The molecule has 0 atom stereocenters. The average molecular weight is 572 g/mol. The number of likely N-dealkylation sites (tertiary alicyclic amines) is 1. The molecule has 1 aliphatic heterocycles. The molecule has 0 bridgehead atoms. The van der Waals surface area contributed by atoms with Crippen molar-refractivity contribution in [3.8, 4) is 5.75 Å². The topological polar surface area (TPSA) is 109 Å². The number of ether oxygens (including phenoxy) is 2. The molecule has 4 aromatic carbocycles. The van der Waals surface area contributed by atoms with Crippen LogP contribution in [0.15, 0.2) is 95.9 Å². The lowest BCUT2D eigenvalue weighted by molar-refractivity contribution is 0.0761. The predicted molar refractivity (Wildman–Crippen MR) is 160 cm³/mol.